The Morgan fingerprint density at radius 2 is 1.56 bits per heavy atom. The highest BCUT2D eigenvalue weighted by molar-refractivity contribution is 5.74. The first-order valence-corrected chi connectivity index (χ1v) is 6.82. The summed E-state index contributed by atoms with van der Waals surface area (Å²) in [6.45, 7) is 9.35. The van der Waals surface area contributed by atoms with Crippen molar-refractivity contribution in [3.8, 4) is 0 Å². The summed E-state index contributed by atoms with van der Waals surface area (Å²) < 4.78 is 0. The van der Waals surface area contributed by atoms with Crippen LogP contribution in [0.3, 0.4) is 0 Å². The van der Waals surface area contributed by atoms with Crippen LogP contribution in [0.5, 0.6) is 0 Å². The maximum Gasteiger partial charge on any atom is 0.142 e. The molecular weight excluding hydrogens is 220 g/mol. The maximum atomic E-state index is 10.4. The van der Waals surface area contributed by atoms with Crippen molar-refractivity contribution in [3.63, 3.8) is 0 Å². The lowest BCUT2D eigenvalue weighted by Crippen LogP contribution is -2.27. The lowest BCUT2D eigenvalue weighted by atomic mass is 9.66. The Labute approximate surface area is 110 Å². The van der Waals surface area contributed by atoms with E-state index in [1.54, 1.807) is 6.08 Å². The smallest absolute Gasteiger partial charge is 0.142 e. The van der Waals surface area contributed by atoms with Gasteiger partial charge in [-0.2, -0.15) is 0 Å². The van der Waals surface area contributed by atoms with Gasteiger partial charge in [0.15, 0.2) is 0 Å². The summed E-state index contributed by atoms with van der Waals surface area (Å²) in [5.41, 5.74) is 4.07. The molecular formula is C17H22O. The molecule has 1 heteroatoms. The van der Waals surface area contributed by atoms with E-state index in [1.807, 2.05) is 6.08 Å². The largest absolute Gasteiger partial charge is 0.299 e. The predicted octanol–water partition coefficient (Wildman–Crippen LogP) is 4.39. The minimum Gasteiger partial charge on any atom is -0.299 e. The SMILES string of the molecule is CC1c2ccc(C=CC=O)cc2C(C)C(C)C1C. The van der Waals surface area contributed by atoms with Crippen LogP contribution in [0.2, 0.25) is 0 Å². The Kier molecular flexibility index (Phi) is 3.70. The summed E-state index contributed by atoms with van der Waals surface area (Å²) >= 11 is 0. The minimum atomic E-state index is 0.593. The summed E-state index contributed by atoms with van der Waals surface area (Å²) in [5, 5.41) is 0. The number of aldehydes is 1. The summed E-state index contributed by atoms with van der Waals surface area (Å²) in [7, 11) is 0. The standard InChI is InChI=1S/C17H22O/c1-11-12(2)14(4)17-10-15(6-5-9-18)7-8-16(17)13(11)3/h5-14H,1-4H3. The second kappa shape index (κ2) is 5.09. The molecule has 96 valence electrons. The van der Waals surface area contributed by atoms with E-state index in [2.05, 4.69) is 45.9 Å². The average Bonchev–Trinajstić information content (AvgIpc) is 2.40. The van der Waals surface area contributed by atoms with Gasteiger partial charge >= 0.3 is 0 Å². The number of hydrogen-bond acceptors (Lipinski definition) is 1. The molecule has 0 bridgehead atoms. The third-order valence-electron chi connectivity index (χ3n) is 4.87. The van der Waals surface area contributed by atoms with E-state index in [0.717, 1.165) is 17.8 Å². The van der Waals surface area contributed by atoms with Crippen LogP contribution in [0.25, 0.3) is 6.08 Å². The predicted molar refractivity (Wildman–Crippen MR) is 76.7 cm³/mol. The second-order valence-electron chi connectivity index (χ2n) is 5.68. The van der Waals surface area contributed by atoms with Gasteiger partial charge in [-0.05, 0) is 46.4 Å². The number of rotatable bonds is 2. The van der Waals surface area contributed by atoms with E-state index in [1.165, 1.54) is 11.1 Å². The fourth-order valence-corrected chi connectivity index (χ4v) is 3.13. The third-order valence-corrected chi connectivity index (χ3v) is 4.87. The molecule has 0 heterocycles. The van der Waals surface area contributed by atoms with Gasteiger partial charge in [0, 0.05) is 0 Å². The van der Waals surface area contributed by atoms with Crippen molar-refractivity contribution in [1.82, 2.24) is 0 Å². The first-order valence-electron chi connectivity index (χ1n) is 6.82. The van der Waals surface area contributed by atoms with Gasteiger partial charge in [-0.1, -0.05) is 52.0 Å². The molecule has 1 aliphatic carbocycles. The number of carbonyl (C=O) groups excluding carboxylic acids is 1. The Morgan fingerprint density at radius 1 is 0.944 bits per heavy atom. The van der Waals surface area contributed by atoms with Gasteiger partial charge in [-0.25, -0.2) is 0 Å². The number of fused-ring (bicyclic) bond motifs is 1. The van der Waals surface area contributed by atoms with E-state index in [-0.39, 0.29) is 0 Å². The van der Waals surface area contributed by atoms with E-state index in [9.17, 15) is 4.79 Å². The molecule has 0 aliphatic heterocycles. The lowest BCUT2D eigenvalue weighted by Gasteiger charge is -2.39. The van der Waals surface area contributed by atoms with Crippen LogP contribution in [0, 0.1) is 11.8 Å². The average molecular weight is 242 g/mol. The lowest BCUT2D eigenvalue weighted by molar-refractivity contribution is -0.104. The van der Waals surface area contributed by atoms with Gasteiger partial charge in [0.2, 0.25) is 0 Å². The van der Waals surface area contributed by atoms with Crippen LogP contribution < -0.4 is 0 Å². The molecule has 2 rings (SSSR count). The van der Waals surface area contributed by atoms with Crippen LogP contribution in [-0.2, 0) is 4.79 Å². The number of hydrogen-bond donors (Lipinski definition) is 0. The quantitative estimate of drug-likeness (QED) is 0.555. The molecule has 0 radical (unpaired) electrons. The zero-order valence-electron chi connectivity index (χ0n) is 11.7. The van der Waals surface area contributed by atoms with Gasteiger partial charge in [0.1, 0.15) is 6.29 Å². The Morgan fingerprint density at radius 3 is 2.17 bits per heavy atom. The van der Waals surface area contributed by atoms with E-state index in [4.69, 9.17) is 0 Å². The van der Waals surface area contributed by atoms with Crippen LogP contribution in [0.1, 0.15) is 56.2 Å². The topological polar surface area (TPSA) is 17.1 Å². The van der Waals surface area contributed by atoms with Crippen LogP contribution >= 0.6 is 0 Å². The molecule has 1 aromatic carbocycles. The summed E-state index contributed by atoms with van der Waals surface area (Å²) in [4.78, 5) is 10.4. The molecule has 1 aliphatic rings. The Hall–Kier alpha value is -1.37. The zero-order chi connectivity index (χ0) is 13.3. The molecule has 0 amide bonds. The summed E-state index contributed by atoms with van der Waals surface area (Å²) in [5.74, 6) is 2.65. The third kappa shape index (κ3) is 2.14. The minimum absolute atomic E-state index is 0.593. The van der Waals surface area contributed by atoms with Crippen molar-refractivity contribution in [2.24, 2.45) is 11.8 Å². The van der Waals surface area contributed by atoms with E-state index < -0.39 is 0 Å². The van der Waals surface area contributed by atoms with Crippen LogP contribution in [0.4, 0.5) is 0 Å². The van der Waals surface area contributed by atoms with Gasteiger partial charge in [0.25, 0.3) is 0 Å². The molecule has 0 spiro atoms. The fraction of sp³-hybridized carbons (Fsp3) is 0.471. The Bertz CT molecular complexity index is 472. The number of benzene rings is 1. The molecule has 1 aromatic rings. The van der Waals surface area contributed by atoms with Crippen molar-refractivity contribution in [2.45, 2.75) is 39.5 Å². The van der Waals surface area contributed by atoms with Crippen LogP contribution in [-0.4, -0.2) is 6.29 Å². The van der Waals surface area contributed by atoms with Crippen molar-refractivity contribution < 1.29 is 4.79 Å². The van der Waals surface area contributed by atoms with Crippen molar-refractivity contribution >= 4 is 12.4 Å². The summed E-state index contributed by atoms with van der Waals surface area (Å²) in [6.07, 6.45) is 4.27. The molecule has 4 unspecified atom stereocenters. The van der Waals surface area contributed by atoms with E-state index in [0.29, 0.717) is 17.8 Å². The normalized spacial score (nSPS) is 31.3. The molecule has 0 N–H and O–H groups in total. The highest BCUT2D eigenvalue weighted by atomic mass is 16.1. The first-order chi connectivity index (χ1) is 8.56. The van der Waals surface area contributed by atoms with Gasteiger partial charge < -0.3 is 0 Å². The second-order valence-corrected chi connectivity index (χ2v) is 5.68. The zero-order valence-corrected chi connectivity index (χ0v) is 11.7. The van der Waals surface area contributed by atoms with Gasteiger partial charge in [-0.3, -0.25) is 4.79 Å². The fourth-order valence-electron chi connectivity index (χ4n) is 3.13. The molecule has 0 aromatic heterocycles. The highest BCUT2D eigenvalue weighted by Crippen LogP contribution is 2.45. The Balaban J connectivity index is 2.45. The summed E-state index contributed by atoms with van der Waals surface area (Å²) in [6, 6.07) is 6.60. The van der Waals surface area contributed by atoms with Crippen molar-refractivity contribution in [3.05, 3.63) is 41.0 Å². The molecule has 4 atom stereocenters. The van der Waals surface area contributed by atoms with Gasteiger partial charge in [0.05, 0.1) is 0 Å². The molecule has 18 heavy (non-hydrogen) atoms. The van der Waals surface area contributed by atoms with Crippen molar-refractivity contribution in [2.75, 3.05) is 0 Å². The molecule has 0 saturated carbocycles. The molecule has 0 fully saturated rings. The van der Waals surface area contributed by atoms with E-state index >= 15 is 0 Å². The highest BCUT2D eigenvalue weighted by Gasteiger charge is 2.33. The maximum absolute atomic E-state index is 10.4. The number of allylic oxidation sites excluding steroid dienone is 1. The van der Waals surface area contributed by atoms with Gasteiger partial charge in [-0.15, -0.1) is 0 Å². The molecule has 1 nitrogen and oxygen atoms in total. The van der Waals surface area contributed by atoms with Crippen LogP contribution in [0.15, 0.2) is 24.3 Å². The number of carbonyl (C=O) groups is 1. The monoisotopic (exact) mass is 242 g/mol. The molecule has 0 saturated heterocycles. The van der Waals surface area contributed by atoms with Crippen molar-refractivity contribution in [1.29, 1.82) is 0 Å². The first kappa shape index (κ1) is 13.1.